The Morgan fingerprint density at radius 2 is 2.05 bits per heavy atom. The Kier molecular flexibility index (Phi) is 5.41. The van der Waals surface area contributed by atoms with Gasteiger partial charge in [0.15, 0.2) is 0 Å². The van der Waals surface area contributed by atoms with Crippen LogP contribution in [-0.2, 0) is 25.8 Å². The van der Waals surface area contributed by atoms with Gasteiger partial charge in [0.25, 0.3) is 0 Å². The summed E-state index contributed by atoms with van der Waals surface area (Å²) in [7, 11) is 0. The molecule has 1 unspecified atom stereocenters. The third kappa shape index (κ3) is 3.15. The van der Waals surface area contributed by atoms with E-state index in [4.69, 9.17) is 5.73 Å². The molecule has 0 spiro atoms. The van der Waals surface area contributed by atoms with Crippen LogP contribution in [0.4, 0.5) is 0 Å². The standard InChI is InChI=1S/C15H22BrN3S/c1-4-10-7-8-14(20-10)11(17)9-13-15(16)12(5-2)18-19(13)6-3/h7-8,11H,4-6,9,17H2,1-3H3. The van der Waals surface area contributed by atoms with E-state index in [1.807, 2.05) is 11.3 Å². The normalized spacial score (nSPS) is 12.8. The van der Waals surface area contributed by atoms with E-state index >= 15 is 0 Å². The third-order valence-corrected chi connectivity index (χ3v) is 5.78. The fraction of sp³-hybridized carbons (Fsp3) is 0.533. The molecule has 0 aliphatic rings. The van der Waals surface area contributed by atoms with Crippen molar-refractivity contribution in [2.24, 2.45) is 5.73 Å². The summed E-state index contributed by atoms with van der Waals surface area (Å²) in [4.78, 5) is 2.66. The van der Waals surface area contributed by atoms with Gasteiger partial charge < -0.3 is 5.73 Å². The zero-order valence-corrected chi connectivity index (χ0v) is 14.7. The summed E-state index contributed by atoms with van der Waals surface area (Å²) in [5, 5.41) is 4.63. The van der Waals surface area contributed by atoms with E-state index in [0.29, 0.717) is 0 Å². The van der Waals surface area contributed by atoms with E-state index in [2.05, 4.69) is 58.6 Å². The van der Waals surface area contributed by atoms with E-state index < -0.39 is 0 Å². The lowest BCUT2D eigenvalue weighted by Crippen LogP contribution is -2.15. The van der Waals surface area contributed by atoms with Crippen molar-refractivity contribution < 1.29 is 0 Å². The van der Waals surface area contributed by atoms with Gasteiger partial charge in [-0.15, -0.1) is 11.3 Å². The highest BCUT2D eigenvalue weighted by Gasteiger charge is 2.18. The van der Waals surface area contributed by atoms with Crippen LogP contribution in [0.1, 0.15) is 48.0 Å². The molecule has 2 rings (SSSR count). The highest BCUT2D eigenvalue weighted by molar-refractivity contribution is 9.10. The maximum absolute atomic E-state index is 6.39. The maximum Gasteiger partial charge on any atom is 0.0766 e. The molecule has 0 amide bonds. The van der Waals surface area contributed by atoms with Crippen LogP contribution in [0.2, 0.25) is 0 Å². The summed E-state index contributed by atoms with van der Waals surface area (Å²) in [5.74, 6) is 0. The molecule has 1 atom stereocenters. The lowest BCUT2D eigenvalue weighted by atomic mass is 10.1. The lowest BCUT2D eigenvalue weighted by Gasteiger charge is -2.11. The van der Waals surface area contributed by atoms with E-state index in [1.165, 1.54) is 15.4 Å². The van der Waals surface area contributed by atoms with Gasteiger partial charge in [-0.1, -0.05) is 13.8 Å². The van der Waals surface area contributed by atoms with E-state index in [0.717, 1.165) is 36.0 Å². The zero-order valence-electron chi connectivity index (χ0n) is 12.3. The number of hydrogen-bond donors (Lipinski definition) is 1. The van der Waals surface area contributed by atoms with Gasteiger partial charge in [0.2, 0.25) is 0 Å². The van der Waals surface area contributed by atoms with Crippen molar-refractivity contribution in [3.63, 3.8) is 0 Å². The summed E-state index contributed by atoms with van der Waals surface area (Å²) in [5.41, 5.74) is 8.72. The van der Waals surface area contributed by atoms with Crippen LogP contribution in [0.25, 0.3) is 0 Å². The highest BCUT2D eigenvalue weighted by Crippen LogP contribution is 2.29. The summed E-state index contributed by atoms with van der Waals surface area (Å²) >= 11 is 5.51. The number of nitrogens with zero attached hydrogens (tertiary/aromatic N) is 2. The van der Waals surface area contributed by atoms with Gasteiger partial charge in [-0.3, -0.25) is 4.68 Å². The highest BCUT2D eigenvalue weighted by atomic mass is 79.9. The number of halogens is 1. The smallest absolute Gasteiger partial charge is 0.0766 e. The third-order valence-electron chi connectivity index (χ3n) is 3.50. The second-order valence-electron chi connectivity index (χ2n) is 4.84. The quantitative estimate of drug-likeness (QED) is 0.847. The number of aromatic nitrogens is 2. The van der Waals surface area contributed by atoms with Crippen molar-refractivity contribution in [2.75, 3.05) is 0 Å². The van der Waals surface area contributed by atoms with E-state index in [1.54, 1.807) is 0 Å². The Morgan fingerprint density at radius 1 is 1.30 bits per heavy atom. The van der Waals surface area contributed by atoms with Gasteiger partial charge in [0, 0.05) is 28.8 Å². The Bertz CT molecular complexity index is 574. The monoisotopic (exact) mass is 355 g/mol. The SMILES string of the molecule is CCc1ccc(C(N)Cc2c(Br)c(CC)nn2CC)s1. The summed E-state index contributed by atoms with van der Waals surface area (Å²) in [6.45, 7) is 7.31. The molecule has 3 nitrogen and oxygen atoms in total. The second-order valence-corrected chi connectivity index (χ2v) is 6.84. The molecule has 0 fully saturated rings. The molecule has 0 bridgehead atoms. The van der Waals surface area contributed by atoms with Gasteiger partial charge in [0.1, 0.15) is 0 Å². The van der Waals surface area contributed by atoms with Crippen LogP contribution < -0.4 is 5.73 Å². The predicted octanol–water partition coefficient (Wildman–Crippen LogP) is 4.09. The van der Waals surface area contributed by atoms with Crippen molar-refractivity contribution in [2.45, 2.75) is 52.6 Å². The van der Waals surface area contributed by atoms with Crippen LogP contribution in [0.5, 0.6) is 0 Å². The molecule has 5 heteroatoms. The Balaban J connectivity index is 2.22. The first-order chi connectivity index (χ1) is 9.60. The number of hydrogen-bond acceptors (Lipinski definition) is 3. The molecule has 0 aliphatic carbocycles. The molecule has 0 aromatic carbocycles. The average molecular weight is 356 g/mol. The van der Waals surface area contributed by atoms with Gasteiger partial charge in [0.05, 0.1) is 15.9 Å². The Morgan fingerprint density at radius 3 is 2.60 bits per heavy atom. The lowest BCUT2D eigenvalue weighted by molar-refractivity contribution is 0.587. The average Bonchev–Trinajstić information content (AvgIpc) is 3.05. The summed E-state index contributed by atoms with van der Waals surface area (Å²) in [6, 6.07) is 4.39. The van der Waals surface area contributed by atoms with Gasteiger partial charge in [-0.05, 0) is 47.8 Å². The fourth-order valence-corrected chi connectivity index (χ4v) is 3.99. The predicted molar refractivity (Wildman–Crippen MR) is 89.3 cm³/mol. The first-order valence-corrected chi connectivity index (χ1v) is 8.79. The molecule has 2 heterocycles. The molecular formula is C15H22BrN3S. The van der Waals surface area contributed by atoms with Crippen molar-refractivity contribution in [3.8, 4) is 0 Å². The zero-order chi connectivity index (χ0) is 14.7. The topological polar surface area (TPSA) is 43.8 Å². The van der Waals surface area contributed by atoms with E-state index in [9.17, 15) is 0 Å². The van der Waals surface area contributed by atoms with Gasteiger partial charge in [-0.2, -0.15) is 5.10 Å². The van der Waals surface area contributed by atoms with Crippen LogP contribution in [0.15, 0.2) is 16.6 Å². The van der Waals surface area contributed by atoms with Crippen molar-refractivity contribution in [1.29, 1.82) is 0 Å². The minimum Gasteiger partial charge on any atom is -0.323 e. The van der Waals surface area contributed by atoms with Gasteiger partial charge in [-0.25, -0.2) is 0 Å². The molecule has 20 heavy (non-hydrogen) atoms. The number of thiophene rings is 1. The first-order valence-electron chi connectivity index (χ1n) is 7.18. The van der Waals surface area contributed by atoms with Crippen molar-refractivity contribution >= 4 is 27.3 Å². The molecule has 0 radical (unpaired) electrons. The largest absolute Gasteiger partial charge is 0.323 e. The van der Waals surface area contributed by atoms with Gasteiger partial charge >= 0.3 is 0 Å². The van der Waals surface area contributed by atoms with Crippen molar-refractivity contribution in [1.82, 2.24) is 9.78 Å². The van der Waals surface area contributed by atoms with E-state index in [-0.39, 0.29) is 6.04 Å². The summed E-state index contributed by atoms with van der Waals surface area (Å²) in [6.07, 6.45) is 2.84. The first kappa shape index (κ1) is 15.7. The van der Waals surface area contributed by atoms with Crippen LogP contribution in [0.3, 0.4) is 0 Å². The minimum absolute atomic E-state index is 0.0447. The molecule has 0 saturated heterocycles. The maximum atomic E-state index is 6.39. The number of aryl methyl sites for hydroxylation is 3. The van der Waals surface area contributed by atoms with Crippen LogP contribution in [0, 0.1) is 0 Å². The number of nitrogens with two attached hydrogens (primary N) is 1. The molecule has 110 valence electrons. The Hall–Kier alpha value is -0.650. The van der Waals surface area contributed by atoms with Crippen molar-refractivity contribution in [3.05, 3.63) is 37.7 Å². The Labute approximate surface area is 133 Å². The van der Waals surface area contributed by atoms with Crippen LogP contribution >= 0.6 is 27.3 Å². The molecular weight excluding hydrogens is 334 g/mol. The minimum atomic E-state index is 0.0447. The second kappa shape index (κ2) is 6.87. The molecule has 0 saturated carbocycles. The fourth-order valence-electron chi connectivity index (χ4n) is 2.30. The molecule has 0 aliphatic heterocycles. The summed E-state index contributed by atoms with van der Waals surface area (Å²) < 4.78 is 3.20. The molecule has 2 N–H and O–H groups in total. The van der Waals surface area contributed by atoms with Crippen LogP contribution in [-0.4, -0.2) is 9.78 Å². The molecule has 2 aromatic heterocycles. The number of rotatable bonds is 6. The molecule has 2 aromatic rings.